The Morgan fingerprint density at radius 2 is 2.10 bits per heavy atom. The van der Waals surface area contributed by atoms with Gasteiger partial charge in [-0.3, -0.25) is 14.9 Å². The first-order chi connectivity index (χ1) is 10.0. The van der Waals surface area contributed by atoms with Crippen LogP contribution in [0.15, 0.2) is 41.0 Å². The predicted octanol–water partition coefficient (Wildman–Crippen LogP) is 2.72. The number of rotatable bonds is 5. The maximum absolute atomic E-state index is 12.3. The molecule has 0 bridgehead atoms. The van der Waals surface area contributed by atoms with Crippen LogP contribution in [0.5, 0.6) is 0 Å². The van der Waals surface area contributed by atoms with Crippen molar-refractivity contribution >= 4 is 17.3 Å². The minimum atomic E-state index is -0.529. The van der Waals surface area contributed by atoms with E-state index in [0.29, 0.717) is 5.76 Å². The number of amides is 1. The lowest BCUT2D eigenvalue weighted by Gasteiger charge is -2.13. The van der Waals surface area contributed by atoms with Crippen molar-refractivity contribution in [2.24, 2.45) is 0 Å². The molecule has 7 nitrogen and oxygen atoms in total. The van der Waals surface area contributed by atoms with Gasteiger partial charge in [-0.2, -0.15) is 0 Å². The van der Waals surface area contributed by atoms with Crippen molar-refractivity contribution in [2.75, 3.05) is 12.4 Å². The fourth-order valence-electron chi connectivity index (χ4n) is 2.03. The summed E-state index contributed by atoms with van der Waals surface area (Å²) in [5.74, 6) is 0.201. The molecule has 2 aromatic rings. The Bertz CT molecular complexity index is 652. The number of carbonyl (C=O) groups is 1. The van der Waals surface area contributed by atoms with E-state index >= 15 is 0 Å². The number of hydrogen-bond acceptors (Lipinski definition) is 5. The topological polar surface area (TPSA) is 97.4 Å². The number of nitro groups is 1. The Morgan fingerprint density at radius 1 is 1.33 bits per heavy atom. The van der Waals surface area contributed by atoms with Crippen molar-refractivity contribution in [3.63, 3.8) is 0 Å². The third kappa shape index (κ3) is 3.02. The van der Waals surface area contributed by atoms with E-state index < -0.39 is 10.8 Å². The van der Waals surface area contributed by atoms with Crippen LogP contribution in [0.1, 0.15) is 29.1 Å². The van der Waals surface area contributed by atoms with E-state index in [0.717, 1.165) is 0 Å². The second-order valence-corrected chi connectivity index (χ2v) is 4.42. The van der Waals surface area contributed by atoms with Crippen LogP contribution in [0.25, 0.3) is 0 Å². The Kier molecular flexibility index (Phi) is 4.22. The first-order valence-corrected chi connectivity index (χ1v) is 6.34. The summed E-state index contributed by atoms with van der Waals surface area (Å²) >= 11 is 0. The van der Waals surface area contributed by atoms with E-state index in [1.807, 2.05) is 0 Å². The van der Waals surface area contributed by atoms with Crippen LogP contribution in [0.2, 0.25) is 0 Å². The van der Waals surface area contributed by atoms with Gasteiger partial charge >= 0.3 is 0 Å². The molecule has 1 amide bonds. The summed E-state index contributed by atoms with van der Waals surface area (Å²) in [6, 6.07) is 7.49. The van der Waals surface area contributed by atoms with Crippen LogP contribution in [0.4, 0.5) is 11.4 Å². The van der Waals surface area contributed by atoms with Crippen LogP contribution < -0.4 is 10.6 Å². The molecule has 2 N–H and O–H groups in total. The fourth-order valence-corrected chi connectivity index (χ4v) is 2.03. The van der Waals surface area contributed by atoms with Crippen LogP contribution in [-0.2, 0) is 0 Å². The normalized spacial score (nSPS) is 11.7. The summed E-state index contributed by atoms with van der Waals surface area (Å²) in [6.07, 6.45) is 1.52. The highest BCUT2D eigenvalue weighted by Gasteiger charge is 2.22. The zero-order valence-corrected chi connectivity index (χ0v) is 11.6. The molecule has 0 spiro atoms. The van der Waals surface area contributed by atoms with Gasteiger partial charge in [0.1, 0.15) is 11.4 Å². The minimum Gasteiger partial charge on any atom is -0.467 e. The molecule has 1 aromatic heterocycles. The number of nitrogens with zero attached hydrogens (tertiary/aromatic N) is 1. The van der Waals surface area contributed by atoms with Gasteiger partial charge in [0.05, 0.1) is 22.8 Å². The molecule has 0 aliphatic carbocycles. The van der Waals surface area contributed by atoms with Crippen LogP contribution in [0, 0.1) is 10.1 Å². The number of carbonyl (C=O) groups excluding carboxylic acids is 1. The van der Waals surface area contributed by atoms with Gasteiger partial charge in [0, 0.05) is 13.1 Å². The zero-order chi connectivity index (χ0) is 15.4. The maximum atomic E-state index is 12.3. The van der Waals surface area contributed by atoms with Gasteiger partial charge in [0.25, 0.3) is 11.6 Å². The lowest BCUT2D eigenvalue weighted by atomic mass is 10.1. The van der Waals surface area contributed by atoms with Gasteiger partial charge < -0.3 is 15.1 Å². The van der Waals surface area contributed by atoms with Crippen LogP contribution in [0.3, 0.4) is 0 Å². The molecule has 0 radical (unpaired) electrons. The van der Waals surface area contributed by atoms with Gasteiger partial charge in [-0.05, 0) is 25.1 Å². The minimum absolute atomic E-state index is 0.143. The summed E-state index contributed by atoms with van der Waals surface area (Å²) in [7, 11) is 1.54. The van der Waals surface area contributed by atoms with Gasteiger partial charge in [0.15, 0.2) is 0 Å². The molecule has 1 aromatic carbocycles. The van der Waals surface area contributed by atoms with Gasteiger partial charge in [-0.15, -0.1) is 0 Å². The van der Waals surface area contributed by atoms with E-state index in [4.69, 9.17) is 4.42 Å². The molecule has 110 valence electrons. The molecule has 21 heavy (non-hydrogen) atoms. The second-order valence-electron chi connectivity index (χ2n) is 4.42. The van der Waals surface area contributed by atoms with Crippen molar-refractivity contribution in [1.82, 2.24) is 5.32 Å². The van der Waals surface area contributed by atoms with Crippen molar-refractivity contribution in [3.05, 3.63) is 58.0 Å². The van der Waals surface area contributed by atoms with Crippen LogP contribution in [-0.4, -0.2) is 17.9 Å². The van der Waals surface area contributed by atoms with E-state index in [9.17, 15) is 14.9 Å². The Morgan fingerprint density at radius 3 is 2.67 bits per heavy atom. The van der Waals surface area contributed by atoms with Gasteiger partial charge in [-0.25, -0.2) is 0 Å². The second kappa shape index (κ2) is 6.08. The molecule has 1 atom stereocenters. The monoisotopic (exact) mass is 289 g/mol. The molecule has 1 heterocycles. The Balaban J connectivity index is 2.27. The van der Waals surface area contributed by atoms with E-state index in [1.54, 1.807) is 19.1 Å². The first kappa shape index (κ1) is 14.6. The molecule has 1 unspecified atom stereocenters. The number of nitrogens with one attached hydrogen (secondary N) is 2. The molecule has 0 fully saturated rings. The summed E-state index contributed by atoms with van der Waals surface area (Å²) in [5.41, 5.74) is 0.257. The molecule has 0 aliphatic rings. The highest BCUT2D eigenvalue weighted by Crippen LogP contribution is 2.28. The summed E-state index contributed by atoms with van der Waals surface area (Å²) in [6.45, 7) is 1.77. The first-order valence-electron chi connectivity index (χ1n) is 6.34. The predicted molar refractivity (Wildman–Crippen MR) is 77.2 cm³/mol. The van der Waals surface area contributed by atoms with Crippen molar-refractivity contribution < 1.29 is 14.1 Å². The number of para-hydroxylation sites is 1. The molecular formula is C14H15N3O4. The molecule has 0 saturated carbocycles. The largest absolute Gasteiger partial charge is 0.467 e. The average molecular weight is 289 g/mol. The summed E-state index contributed by atoms with van der Waals surface area (Å²) < 4.78 is 5.21. The number of benzene rings is 1. The van der Waals surface area contributed by atoms with Crippen molar-refractivity contribution in [3.8, 4) is 0 Å². The number of hydrogen-bond donors (Lipinski definition) is 2. The molecule has 0 saturated heterocycles. The Labute approximate surface area is 121 Å². The lowest BCUT2D eigenvalue weighted by Crippen LogP contribution is -2.27. The van der Waals surface area contributed by atoms with Crippen LogP contribution >= 0.6 is 0 Å². The Hall–Kier alpha value is -2.83. The van der Waals surface area contributed by atoms with Gasteiger partial charge in [-0.1, -0.05) is 6.07 Å². The summed E-state index contributed by atoms with van der Waals surface area (Å²) in [4.78, 5) is 22.7. The smallest absolute Gasteiger partial charge is 0.293 e. The number of nitro benzene ring substituents is 1. The van der Waals surface area contributed by atoms with Crippen molar-refractivity contribution in [1.29, 1.82) is 0 Å². The third-order valence-corrected chi connectivity index (χ3v) is 3.05. The maximum Gasteiger partial charge on any atom is 0.293 e. The fraction of sp³-hybridized carbons (Fsp3) is 0.214. The molecular weight excluding hydrogens is 274 g/mol. The SMILES string of the molecule is CNc1c(C(=O)NC(C)c2ccco2)cccc1[N+](=O)[O-]. The van der Waals surface area contributed by atoms with Crippen molar-refractivity contribution in [2.45, 2.75) is 13.0 Å². The van der Waals surface area contributed by atoms with E-state index in [2.05, 4.69) is 10.6 Å². The summed E-state index contributed by atoms with van der Waals surface area (Å²) in [5, 5.41) is 16.4. The quantitative estimate of drug-likeness (QED) is 0.651. The molecule has 0 aliphatic heterocycles. The third-order valence-electron chi connectivity index (χ3n) is 3.05. The molecule has 7 heteroatoms. The standard InChI is InChI=1S/C14H15N3O4/c1-9(12-7-4-8-21-12)16-14(18)10-5-3-6-11(17(19)20)13(10)15-2/h3-9,15H,1-2H3,(H,16,18). The zero-order valence-electron chi connectivity index (χ0n) is 11.6. The number of furan rings is 1. The highest BCUT2D eigenvalue weighted by atomic mass is 16.6. The van der Waals surface area contributed by atoms with Gasteiger partial charge in [0.2, 0.25) is 0 Å². The molecule has 2 rings (SSSR count). The number of anilines is 1. The lowest BCUT2D eigenvalue weighted by molar-refractivity contribution is -0.384. The van der Waals surface area contributed by atoms with E-state index in [-0.39, 0.29) is 23.0 Å². The highest BCUT2D eigenvalue weighted by molar-refractivity contribution is 6.01. The van der Waals surface area contributed by atoms with E-state index in [1.165, 1.54) is 31.5 Å². The average Bonchev–Trinajstić information content (AvgIpc) is 3.00.